The highest BCUT2D eigenvalue weighted by Gasteiger charge is 2.45. The summed E-state index contributed by atoms with van der Waals surface area (Å²) in [6, 6.07) is -0.326. The molecule has 2 unspecified atom stereocenters. The summed E-state index contributed by atoms with van der Waals surface area (Å²) >= 11 is 0. The largest absolute Gasteiger partial charge is 0.379 e. The second kappa shape index (κ2) is 5.46. The van der Waals surface area contributed by atoms with Crippen LogP contribution in [0.4, 0.5) is 0 Å². The van der Waals surface area contributed by atoms with Crippen molar-refractivity contribution in [3.8, 4) is 0 Å². The zero-order chi connectivity index (χ0) is 14.8. The van der Waals surface area contributed by atoms with Gasteiger partial charge in [-0.3, -0.25) is 9.59 Å². The fraction of sp³-hybridized carbons (Fsp3) is 0.846. The average molecular weight is 271 g/mol. The number of nitrogens with two attached hydrogens (primary N) is 1. The number of hydrogen-bond donors (Lipinski definition) is 2. The molecular weight excluding hydrogens is 246 g/mol. The predicted octanol–water partition coefficient (Wildman–Crippen LogP) is -0.277. The number of likely N-dealkylation sites (N-methyl/N-ethyl adjacent to an activating group) is 1. The Hall–Kier alpha value is -1.14. The van der Waals surface area contributed by atoms with Gasteiger partial charge in [0.25, 0.3) is 0 Å². The number of carbonyl (C=O) groups is 2. The van der Waals surface area contributed by atoms with Gasteiger partial charge in [-0.05, 0) is 27.7 Å². The van der Waals surface area contributed by atoms with Crippen LogP contribution >= 0.6 is 0 Å². The fourth-order valence-electron chi connectivity index (χ4n) is 2.09. The molecule has 2 amide bonds. The first kappa shape index (κ1) is 15.9. The van der Waals surface area contributed by atoms with E-state index in [9.17, 15) is 9.59 Å². The molecule has 1 aliphatic heterocycles. The quantitative estimate of drug-likeness (QED) is 0.739. The number of hydrogen-bond acceptors (Lipinski definition) is 4. The van der Waals surface area contributed by atoms with Crippen molar-refractivity contribution in [2.45, 2.75) is 39.3 Å². The van der Waals surface area contributed by atoms with Crippen molar-refractivity contribution in [3.63, 3.8) is 0 Å². The minimum atomic E-state index is -0.739. The van der Waals surface area contributed by atoms with Crippen LogP contribution in [0.2, 0.25) is 0 Å². The molecule has 0 aromatic rings. The SMILES string of the molecule is CN(CC(=O)NC(C)(C)C)C(=O)C1(C)COCC1N. The third-order valence-corrected chi connectivity index (χ3v) is 3.25. The Bertz CT molecular complexity index is 365. The van der Waals surface area contributed by atoms with E-state index >= 15 is 0 Å². The molecule has 1 saturated heterocycles. The second-order valence-corrected chi connectivity index (χ2v) is 6.50. The van der Waals surface area contributed by atoms with Gasteiger partial charge in [0.15, 0.2) is 0 Å². The molecule has 0 aliphatic carbocycles. The molecule has 0 saturated carbocycles. The molecule has 0 aromatic carbocycles. The maximum Gasteiger partial charge on any atom is 0.240 e. The van der Waals surface area contributed by atoms with Gasteiger partial charge in [-0.2, -0.15) is 0 Å². The van der Waals surface area contributed by atoms with Crippen LogP contribution in [0.5, 0.6) is 0 Å². The van der Waals surface area contributed by atoms with Gasteiger partial charge in [0.1, 0.15) is 0 Å². The zero-order valence-electron chi connectivity index (χ0n) is 12.4. The molecule has 1 heterocycles. The maximum atomic E-state index is 12.4. The van der Waals surface area contributed by atoms with Gasteiger partial charge in [-0.15, -0.1) is 0 Å². The number of ether oxygens (including phenoxy) is 1. The first-order valence-electron chi connectivity index (χ1n) is 6.46. The Labute approximate surface area is 114 Å². The lowest BCUT2D eigenvalue weighted by atomic mass is 9.84. The highest BCUT2D eigenvalue weighted by molar-refractivity contribution is 5.88. The minimum Gasteiger partial charge on any atom is -0.379 e. The van der Waals surface area contributed by atoms with Crippen LogP contribution in [0.3, 0.4) is 0 Å². The van der Waals surface area contributed by atoms with Crippen molar-refractivity contribution < 1.29 is 14.3 Å². The van der Waals surface area contributed by atoms with Gasteiger partial charge in [-0.1, -0.05) is 0 Å². The van der Waals surface area contributed by atoms with Gasteiger partial charge < -0.3 is 20.7 Å². The summed E-state index contributed by atoms with van der Waals surface area (Å²) in [5.41, 5.74) is 4.86. The van der Waals surface area contributed by atoms with Gasteiger partial charge in [0.2, 0.25) is 11.8 Å². The van der Waals surface area contributed by atoms with E-state index in [-0.39, 0.29) is 29.9 Å². The van der Waals surface area contributed by atoms with Crippen molar-refractivity contribution in [1.29, 1.82) is 0 Å². The molecule has 19 heavy (non-hydrogen) atoms. The highest BCUT2D eigenvalue weighted by atomic mass is 16.5. The molecule has 0 aromatic heterocycles. The molecule has 2 atom stereocenters. The standard InChI is InChI=1S/C13H25N3O3/c1-12(2,3)15-10(17)6-16(5)11(18)13(4)8-19-7-9(13)14/h9H,6-8,14H2,1-5H3,(H,15,17). The van der Waals surface area contributed by atoms with E-state index < -0.39 is 5.41 Å². The molecule has 0 radical (unpaired) electrons. The van der Waals surface area contributed by atoms with Crippen LogP contribution in [0.1, 0.15) is 27.7 Å². The number of nitrogens with zero attached hydrogens (tertiary/aromatic N) is 1. The van der Waals surface area contributed by atoms with E-state index in [1.807, 2.05) is 20.8 Å². The van der Waals surface area contributed by atoms with Crippen LogP contribution in [0, 0.1) is 5.41 Å². The smallest absolute Gasteiger partial charge is 0.240 e. The fourth-order valence-corrected chi connectivity index (χ4v) is 2.09. The Morgan fingerprint density at radius 1 is 1.47 bits per heavy atom. The van der Waals surface area contributed by atoms with E-state index in [1.54, 1.807) is 14.0 Å². The van der Waals surface area contributed by atoms with Crippen molar-refractivity contribution in [3.05, 3.63) is 0 Å². The Morgan fingerprint density at radius 3 is 2.47 bits per heavy atom. The number of nitrogens with one attached hydrogen (secondary N) is 1. The monoisotopic (exact) mass is 271 g/mol. The minimum absolute atomic E-state index is 0.0262. The Balaban J connectivity index is 2.61. The van der Waals surface area contributed by atoms with Crippen LogP contribution in [-0.2, 0) is 14.3 Å². The number of amides is 2. The summed E-state index contributed by atoms with van der Waals surface area (Å²) in [6.45, 7) is 8.18. The molecule has 1 fully saturated rings. The molecule has 1 aliphatic rings. The van der Waals surface area contributed by atoms with Crippen molar-refractivity contribution in [2.24, 2.45) is 11.1 Å². The van der Waals surface area contributed by atoms with Crippen molar-refractivity contribution >= 4 is 11.8 Å². The van der Waals surface area contributed by atoms with Crippen LogP contribution < -0.4 is 11.1 Å². The van der Waals surface area contributed by atoms with E-state index in [1.165, 1.54) is 4.90 Å². The molecule has 0 bridgehead atoms. The van der Waals surface area contributed by atoms with Gasteiger partial charge in [0.05, 0.1) is 25.2 Å². The van der Waals surface area contributed by atoms with Gasteiger partial charge in [0, 0.05) is 18.6 Å². The molecule has 3 N–H and O–H groups in total. The van der Waals surface area contributed by atoms with Crippen molar-refractivity contribution in [1.82, 2.24) is 10.2 Å². The number of carbonyl (C=O) groups excluding carboxylic acids is 2. The predicted molar refractivity (Wildman–Crippen MR) is 72.4 cm³/mol. The molecule has 6 nitrogen and oxygen atoms in total. The Morgan fingerprint density at radius 2 is 2.05 bits per heavy atom. The lowest BCUT2D eigenvalue weighted by molar-refractivity contribution is -0.143. The average Bonchev–Trinajstić information content (AvgIpc) is 2.56. The lowest BCUT2D eigenvalue weighted by Gasteiger charge is -2.31. The number of rotatable bonds is 3. The summed E-state index contributed by atoms with van der Waals surface area (Å²) in [5, 5.41) is 2.82. The summed E-state index contributed by atoms with van der Waals surface area (Å²) in [7, 11) is 1.61. The first-order chi connectivity index (χ1) is 8.56. The maximum absolute atomic E-state index is 12.4. The Kier molecular flexibility index (Phi) is 4.58. The summed E-state index contributed by atoms with van der Waals surface area (Å²) in [6.07, 6.45) is 0. The third kappa shape index (κ3) is 3.91. The van der Waals surface area contributed by atoms with Crippen LogP contribution in [0.15, 0.2) is 0 Å². The van der Waals surface area contributed by atoms with E-state index in [0.29, 0.717) is 13.2 Å². The molecule has 110 valence electrons. The van der Waals surface area contributed by atoms with Gasteiger partial charge >= 0.3 is 0 Å². The van der Waals surface area contributed by atoms with E-state index in [2.05, 4.69) is 5.32 Å². The highest BCUT2D eigenvalue weighted by Crippen LogP contribution is 2.28. The normalized spacial score (nSPS) is 27.2. The summed E-state index contributed by atoms with van der Waals surface area (Å²) < 4.78 is 5.26. The third-order valence-electron chi connectivity index (χ3n) is 3.25. The molecule has 0 spiro atoms. The van der Waals surface area contributed by atoms with Crippen LogP contribution in [0.25, 0.3) is 0 Å². The van der Waals surface area contributed by atoms with Gasteiger partial charge in [-0.25, -0.2) is 0 Å². The zero-order valence-corrected chi connectivity index (χ0v) is 12.4. The van der Waals surface area contributed by atoms with Crippen LogP contribution in [-0.4, -0.2) is 55.1 Å². The van der Waals surface area contributed by atoms with E-state index in [0.717, 1.165) is 0 Å². The summed E-state index contributed by atoms with van der Waals surface area (Å²) in [4.78, 5) is 25.6. The first-order valence-corrected chi connectivity index (χ1v) is 6.46. The van der Waals surface area contributed by atoms with E-state index in [4.69, 9.17) is 10.5 Å². The molecule has 6 heteroatoms. The lowest BCUT2D eigenvalue weighted by Crippen LogP contribution is -2.53. The van der Waals surface area contributed by atoms with Crippen molar-refractivity contribution in [2.75, 3.05) is 26.8 Å². The summed E-state index contributed by atoms with van der Waals surface area (Å²) in [5.74, 6) is -0.332. The molecule has 1 rings (SSSR count). The molecular formula is C13H25N3O3. The second-order valence-electron chi connectivity index (χ2n) is 6.50. The topological polar surface area (TPSA) is 84.7 Å².